The molecule has 29 heavy (non-hydrogen) atoms. The van der Waals surface area contributed by atoms with E-state index in [0.717, 1.165) is 38.0 Å². The van der Waals surface area contributed by atoms with Crippen LogP contribution in [0.5, 0.6) is 0 Å². The lowest BCUT2D eigenvalue weighted by atomic mass is 10.2. The van der Waals surface area contributed by atoms with Gasteiger partial charge in [0.25, 0.3) is 5.91 Å². The quantitative estimate of drug-likeness (QED) is 0.743. The van der Waals surface area contributed by atoms with Crippen LogP contribution in [0, 0.1) is 0 Å². The molecule has 0 radical (unpaired) electrons. The van der Waals surface area contributed by atoms with Crippen LogP contribution in [-0.2, 0) is 10.0 Å². The molecule has 1 N–H and O–H groups in total. The van der Waals surface area contributed by atoms with Crippen molar-refractivity contribution in [2.45, 2.75) is 38.0 Å². The Balaban J connectivity index is 1.67. The van der Waals surface area contributed by atoms with Crippen molar-refractivity contribution < 1.29 is 13.2 Å². The summed E-state index contributed by atoms with van der Waals surface area (Å²) in [6, 6.07) is 13.9. The molecule has 3 rings (SSSR count). The summed E-state index contributed by atoms with van der Waals surface area (Å²) in [4.78, 5) is 15.0. The molecular formula is C22H29N3O3S. The highest BCUT2D eigenvalue weighted by Gasteiger charge is 2.25. The Hall–Kier alpha value is -2.38. The molecule has 6 nitrogen and oxygen atoms in total. The van der Waals surface area contributed by atoms with E-state index in [1.807, 2.05) is 24.3 Å². The summed E-state index contributed by atoms with van der Waals surface area (Å²) in [5.41, 5.74) is 2.24. The maximum absolute atomic E-state index is 12.7. The van der Waals surface area contributed by atoms with Gasteiger partial charge >= 0.3 is 0 Å². The maximum atomic E-state index is 12.7. The minimum absolute atomic E-state index is 0.236. The molecule has 0 atom stereocenters. The fourth-order valence-corrected chi connectivity index (χ4v) is 5.10. The van der Waals surface area contributed by atoms with Crippen LogP contribution in [0.1, 0.15) is 43.5 Å². The SMILES string of the molecule is CCN(CC)c1ccc(NC(=O)c2ccc(S(=O)(=O)N3CCCCC3)cc2)cc1. The van der Waals surface area contributed by atoms with E-state index in [4.69, 9.17) is 0 Å². The minimum atomic E-state index is -3.48. The van der Waals surface area contributed by atoms with Gasteiger partial charge in [-0.05, 0) is 75.2 Å². The number of carbonyl (C=O) groups is 1. The number of rotatable bonds is 7. The van der Waals surface area contributed by atoms with Gasteiger partial charge in [0.05, 0.1) is 4.90 Å². The average molecular weight is 416 g/mol. The van der Waals surface area contributed by atoms with Crippen LogP contribution in [0.15, 0.2) is 53.4 Å². The summed E-state index contributed by atoms with van der Waals surface area (Å²) >= 11 is 0. The number of hydrogen-bond acceptors (Lipinski definition) is 4. The Morgan fingerprint density at radius 3 is 2.07 bits per heavy atom. The smallest absolute Gasteiger partial charge is 0.255 e. The third-order valence-electron chi connectivity index (χ3n) is 5.32. The maximum Gasteiger partial charge on any atom is 0.255 e. The number of amides is 1. The highest BCUT2D eigenvalue weighted by molar-refractivity contribution is 7.89. The predicted molar refractivity (Wildman–Crippen MR) is 117 cm³/mol. The summed E-state index contributed by atoms with van der Waals surface area (Å²) in [6.45, 7) is 7.19. The van der Waals surface area contributed by atoms with Gasteiger partial charge in [0.1, 0.15) is 0 Å². The lowest BCUT2D eigenvalue weighted by Crippen LogP contribution is -2.35. The molecule has 0 aliphatic carbocycles. The van der Waals surface area contributed by atoms with Gasteiger partial charge < -0.3 is 10.2 Å². The monoisotopic (exact) mass is 415 g/mol. The molecule has 7 heteroatoms. The molecule has 1 aliphatic heterocycles. The Labute approximate surface area is 173 Å². The van der Waals surface area contributed by atoms with Gasteiger partial charge in [0.2, 0.25) is 10.0 Å². The summed E-state index contributed by atoms with van der Waals surface area (Å²) < 4.78 is 27.0. The molecule has 1 fully saturated rings. The molecule has 1 saturated heterocycles. The van der Waals surface area contributed by atoms with Crippen molar-refractivity contribution >= 4 is 27.3 Å². The summed E-state index contributed by atoms with van der Waals surface area (Å²) in [5, 5.41) is 2.86. The summed E-state index contributed by atoms with van der Waals surface area (Å²) in [7, 11) is -3.48. The third-order valence-corrected chi connectivity index (χ3v) is 7.24. The highest BCUT2D eigenvalue weighted by atomic mass is 32.2. The number of sulfonamides is 1. The standard InChI is InChI=1S/C22H29N3O3S/c1-3-24(4-2)20-12-10-19(11-13-20)23-22(26)18-8-14-21(15-9-18)29(27,28)25-16-6-5-7-17-25/h8-15H,3-7,16-17H2,1-2H3,(H,23,26). The van der Waals surface area contributed by atoms with Crippen molar-refractivity contribution in [2.75, 3.05) is 36.4 Å². The Morgan fingerprint density at radius 1 is 0.931 bits per heavy atom. The number of nitrogens with one attached hydrogen (secondary N) is 1. The van der Waals surface area contributed by atoms with Crippen molar-refractivity contribution in [2.24, 2.45) is 0 Å². The number of piperidine rings is 1. The number of benzene rings is 2. The van der Waals surface area contributed by atoms with Gasteiger partial charge in [-0.1, -0.05) is 6.42 Å². The molecule has 1 amide bonds. The van der Waals surface area contributed by atoms with Crippen molar-refractivity contribution in [3.8, 4) is 0 Å². The van der Waals surface area contributed by atoms with E-state index in [0.29, 0.717) is 24.3 Å². The first-order chi connectivity index (χ1) is 14.0. The molecule has 0 saturated carbocycles. The largest absolute Gasteiger partial charge is 0.372 e. The molecule has 1 aliphatic rings. The van der Waals surface area contributed by atoms with E-state index >= 15 is 0 Å². The fraction of sp³-hybridized carbons (Fsp3) is 0.409. The van der Waals surface area contributed by atoms with Crippen LogP contribution in [0.25, 0.3) is 0 Å². The van der Waals surface area contributed by atoms with Crippen molar-refractivity contribution in [3.05, 3.63) is 54.1 Å². The molecule has 0 aromatic heterocycles. The summed E-state index contributed by atoms with van der Waals surface area (Å²) in [6.07, 6.45) is 2.86. The van der Waals surface area contributed by atoms with E-state index in [1.54, 1.807) is 12.1 Å². The van der Waals surface area contributed by atoms with Gasteiger partial charge in [-0.25, -0.2) is 8.42 Å². The average Bonchev–Trinajstić information content (AvgIpc) is 2.76. The first kappa shape index (κ1) is 21.3. The van der Waals surface area contributed by atoms with Crippen LogP contribution < -0.4 is 10.2 Å². The van der Waals surface area contributed by atoms with Gasteiger partial charge in [-0.3, -0.25) is 4.79 Å². The Morgan fingerprint density at radius 2 is 1.52 bits per heavy atom. The van der Waals surface area contributed by atoms with Crippen LogP contribution in [0.2, 0.25) is 0 Å². The second-order valence-corrected chi connectivity index (χ2v) is 9.10. The van der Waals surface area contributed by atoms with Crippen molar-refractivity contribution in [3.63, 3.8) is 0 Å². The lowest BCUT2D eigenvalue weighted by Gasteiger charge is -2.25. The zero-order valence-electron chi connectivity index (χ0n) is 17.1. The minimum Gasteiger partial charge on any atom is -0.372 e. The Bertz CT molecular complexity index is 915. The van der Waals surface area contributed by atoms with E-state index < -0.39 is 10.0 Å². The van der Waals surface area contributed by atoms with Gasteiger partial charge in [0, 0.05) is 43.1 Å². The van der Waals surface area contributed by atoms with Gasteiger partial charge in [-0.2, -0.15) is 4.31 Å². The molecule has 0 spiro atoms. The normalized spacial score (nSPS) is 15.1. The zero-order valence-corrected chi connectivity index (χ0v) is 17.9. The zero-order chi connectivity index (χ0) is 20.9. The first-order valence-electron chi connectivity index (χ1n) is 10.2. The molecule has 156 valence electrons. The number of carbonyl (C=O) groups excluding carboxylic acids is 1. The molecule has 2 aromatic rings. The third kappa shape index (κ3) is 4.97. The predicted octanol–water partition coefficient (Wildman–Crippen LogP) is 3.96. The van der Waals surface area contributed by atoms with Crippen molar-refractivity contribution in [1.82, 2.24) is 4.31 Å². The molecule has 0 unspecified atom stereocenters. The topological polar surface area (TPSA) is 69.7 Å². The lowest BCUT2D eigenvalue weighted by molar-refractivity contribution is 0.102. The van der Waals surface area contributed by atoms with Crippen molar-refractivity contribution in [1.29, 1.82) is 0 Å². The first-order valence-corrected chi connectivity index (χ1v) is 11.7. The second kappa shape index (κ2) is 9.41. The Kier molecular flexibility index (Phi) is 6.92. The molecule has 0 bridgehead atoms. The van der Waals surface area contributed by atoms with E-state index in [2.05, 4.69) is 24.1 Å². The fourth-order valence-electron chi connectivity index (χ4n) is 3.58. The van der Waals surface area contributed by atoms with Crippen LogP contribution in [0.3, 0.4) is 0 Å². The van der Waals surface area contributed by atoms with E-state index in [9.17, 15) is 13.2 Å². The van der Waals surface area contributed by atoms with Crippen LogP contribution in [-0.4, -0.2) is 44.8 Å². The second-order valence-electron chi connectivity index (χ2n) is 7.16. The van der Waals surface area contributed by atoms with E-state index in [1.165, 1.54) is 16.4 Å². The number of nitrogens with zero attached hydrogens (tertiary/aromatic N) is 2. The van der Waals surface area contributed by atoms with Gasteiger partial charge in [-0.15, -0.1) is 0 Å². The van der Waals surface area contributed by atoms with Gasteiger partial charge in [0.15, 0.2) is 0 Å². The molecular weight excluding hydrogens is 386 g/mol. The highest BCUT2D eigenvalue weighted by Crippen LogP contribution is 2.22. The van der Waals surface area contributed by atoms with Crippen LogP contribution >= 0.6 is 0 Å². The van der Waals surface area contributed by atoms with Crippen LogP contribution in [0.4, 0.5) is 11.4 Å². The summed E-state index contributed by atoms with van der Waals surface area (Å²) in [5.74, 6) is -0.262. The number of hydrogen-bond donors (Lipinski definition) is 1. The van der Waals surface area contributed by atoms with E-state index in [-0.39, 0.29) is 10.8 Å². The molecule has 1 heterocycles. The molecule has 2 aromatic carbocycles. The number of anilines is 2.